The molecule has 6 unspecified atom stereocenters. The number of hydrogen-bond donors (Lipinski definition) is 5. The van der Waals surface area contributed by atoms with Crippen LogP contribution in [-0.2, 0) is 0 Å². The molecule has 3 aliphatic heterocycles. The minimum absolute atomic E-state index is 0.146. The number of rotatable bonds is 6. The minimum Gasteiger partial charge on any atom is -0.391 e. The lowest BCUT2D eigenvalue weighted by molar-refractivity contribution is -0.231. The Hall–Kier alpha value is -0.320. The third-order valence-corrected chi connectivity index (χ3v) is 9.70. The number of aliphatic hydroxyl groups is 1. The molecule has 8 nitrogen and oxygen atoms in total. The van der Waals surface area contributed by atoms with Gasteiger partial charge in [0.2, 0.25) is 0 Å². The first-order chi connectivity index (χ1) is 14.3. The van der Waals surface area contributed by atoms with Crippen LogP contribution in [0.3, 0.4) is 0 Å². The Morgan fingerprint density at radius 1 is 0.688 bits per heavy atom. The predicted octanol–water partition coefficient (Wildman–Crippen LogP) is 3.50. The maximum atomic E-state index is 11.3. The van der Waals surface area contributed by atoms with Crippen LogP contribution in [0.15, 0.2) is 0 Å². The average Bonchev–Trinajstić information content (AvgIpc) is 3.09. The predicted molar refractivity (Wildman–Crippen MR) is 124 cm³/mol. The van der Waals surface area contributed by atoms with Gasteiger partial charge in [-0.2, -0.15) is 15.2 Å². The summed E-state index contributed by atoms with van der Waals surface area (Å²) < 4.78 is 0. The van der Waals surface area contributed by atoms with Gasteiger partial charge in [-0.3, -0.25) is 0 Å². The Bertz CT molecular complexity index is 720. The number of hydroxylamine groups is 6. The third-order valence-electron chi connectivity index (χ3n) is 9.70. The monoisotopic (exact) mass is 456 g/mol. The first-order valence-electron chi connectivity index (χ1n) is 12.3. The van der Waals surface area contributed by atoms with Gasteiger partial charge in [-0.25, -0.2) is 0 Å². The second-order valence-electron chi connectivity index (χ2n) is 13.3. The summed E-state index contributed by atoms with van der Waals surface area (Å²) in [6.07, 6.45) is 4.81. The van der Waals surface area contributed by atoms with Crippen LogP contribution in [-0.4, -0.2) is 81.3 Å². The first kappa shape index (κ1) is 26.3. The van der Waals surface area contributed by atoms with Gasteiger partial charge in [-0.1, -0.05) is 0 Å². The van der Waals surface area contributed by atoms with Crippen molar-refractivity contribution in [1.82, 2.24) is 15.2 Å². The van der Waals surface area contributed by atoms with Crippen molar-refractivity contribution in [2.24, 2.45) is 5.73 Å². The molecule has 3 heterocycles. The molecule has 3 aliphatic rings. The summed E-state index contributed by atoms with van der Waals surface area (Å²) in [6.45, 7) is 16.0. The molecule has 3 saturated heterocycles. The molecular formula is C24H48N4O4. The van der Waals surface area contributed by atoms with Gasteiger partial charge in [0, 0.05) is 28.2 Å². The van der Waals surface area contributed by atoms with Crippen molar-refractivity contribution in [3.8, 4) is 0 Å². The Morgan fingerprint density at radius 3 is 1.66 bits per heavy atom. The van der Waals surface area contributed by atoms with Crippen molar-refractivity contribution in [2.75, 3.05) is 0 Å². The quantitative estimate of drug-likeness (QED) is 0.412. The Kier molecular flexibility index (Phi) is 6.45. The van der Waals surface area contributed by atoms with E-state index in [0.29, 0.717) is 32.1 Å². The van der Waals surface area contributed by atoms with Crippen LogP contribution in [0, 0.1) is 0 Å². The van der Waals surface area contributed by atoms with E-state index in [1.54, 1.807) is 0 Å². The lowest BCUT2D eigenvalue weighted by Crippen LogP contribution is -2.55. The van der Waals surface area contributed by atoms with Crippen LogP contribution in [0.1, 0.15) is 107 Å². The number of nitrogens with two attached hydrogens (primary N) is 1. The topological polar surface area (TPSA) is 117 Å². The van der Waals surface area contributed by atoms with Crippen molar-refractivity contribution in [1.29, 1.82) is 0 Å². The molecule has 3 rings (SSSR count). The molecule has 32 heavy (non-hydrogen) atoms. The maximum absolute atomic E-state index is 11.3. The van der Waals surface area contributed by atoms with E-state index >= 15 is 0 Å². The molecule has 0 aromatic heterocycles. The summed E-state index contributed by atoms with van der Waals surface area (Å²) >= 11 is 0. The number of hydrogen-bond acceptors (Lipinski definition) is 8. The van der Waals surface area contributed by atoms with Crippen molar-refractivity contribution in [3.05, 3.63) is 0 Å². The van der Waals surface area contributed by atoms with Gasteiger partial charge in [0.1, 0.15) is 0 Å². The smallest absolute Gasteiger partial charge is 0.0762 e. The van der Waals surface area contributed by atoms with Crippen LogP contribution in [0.4, 0.5) is 0 Å². The van der Waals surface area contributed by atoms with E-state index in [9.17, 15) is 20.7 Å². The van der Waals surface area contributed by atoms with Gasteiger partial charge >= 0.3 is 0 Å². The molecule has 0 amide bonds. The van der Waals surface area contributed by atoms with E-state index in [4.69, 9.17) is 5.73 Å². The molecule has 0 spiro atoms. The molecular weight excluding hydrogens is 408 g/mol. The highest BCUT2D eigenvalue weighted by Crippen LogP contribution is 2.50. The van der Waals surface area contributed by atoms with Crippen molar-refractivity contribution >= 4 is 0 Å². The highest BCUT2D eigenvalue weighted by Gasteiger charge is 2.59. The van der Waals surface area contributed by atoms with E-state index in [-0.39, 0.29) is 17.1 Å². The van der Waals surface area contributed by atoms with E-state index in [1.165, 1.54) is 15.2 Å². The molecule has 3 fully saturated rings. The number of aliphatic hydroxyl groups excluding tert-OH is 1. The van der Waals surface area contributed by atoms with Crippen LogP contribution in [0.25, 0.3) is 0 Å². The van der Waals surface area contributed by atoms with Crippen LogP contribution in [0.5, 0.6) is 0 Å². The summed E-state index contributed by atoms with van der Waals surface area (Å²) in [7, 11) is 0. The Labute approximate surface area is 194 Å². The molecule has 8 heteroatoms. The zero-order valence-electron chi connectivity index (χ0n) is 21.5. The highest BCUT2D eigenvalue weighted by molar-refractivity contribution is 5.11. The van der Waals surface area contributed by atoms with Crippen molar-refractivity contribution in [3.63, 3.8) is 0 Å². The first-order valence-corrected chi connectivity index (χ1v) is 12.3. The summed E-state index contributed by atoms with van der Waals surface area (Å²) in [5.41, 5.74) is 3.28. The van der Waals surface area contributed by atoms with E-state index in [1.807, 2.05) is 34.6 Å². The molecule has 0 bridgehead atoms. The largest absolute Gasteiger partial charge is 0.391 e. The van der Waals surface area contributed by atoms with Gasteiger partial charge in [0.15, 0.2) is 0 Å². The fourth-order valence-corrected chi connectivity index (χ4v) is 6.64. The van der Waals surface area contributed by atoms with Crippen molar-refractivity contribution < 1.29 is 20.7 Å². The van der Waals surface area contributed by atoms with Gasteiger partial charge in [-0.05, 0) is 107 Å². The normalized spacial score (nSPS) is 47.5. The molecule has 0 saturated carbocycles. The molecule has 6 N–H and O–H groups in total. The Balaban J connectivity index is 1.69. The van der Waals surface area contributed by atoms with E-state index in [0.717, 1.165) is 19.3 Å². The molecule has 6 atom stereocenters. The van der Waals surface area contributed by atoms with Gasteiger partial charge in [0.25, 0.3) is 0 Å². The Morgan fingerprint density at radius 2 is 1.19 bits per heavy atom. The molecule has 0 aromatic carbocycles. The summed E-state index contributed by atoms with van der Waals surface area (Å²) in [5, 5.41) is 48.2. The fraction of sp³-hybridized carbons (Fsp3) is 1.00. The summed E-state index contributed by atoms with van der Waals surface area (Å²) in [4.78, 5) is 0. The highest BCUT2D eigenvalue weighted by atomic mass is 16.5. The molecule has 188 valence electrons. The average molecular weight is 457 g/mol. The number of nitrogens with zero attached hydrogens (tertiary/aromatic N) is 3. The summed E-state index contributed by atoms with van der Waals surface area (Å²) in [6, 6.07) is -0.146. The zero-order valence-corrected chi connectivity index (χ0v) is 21.5. The lowest BCUT2D eigenvalue weighted by atomic mass is 9.83. The standard InChI is InChI=1S/C24H48N4O4/c1-19(2)9-10-21(5,26(19)30)11-12-23(7)16-18(29)24(8,28(23)32)14-13-22(6)15-17(25)20(3,4)27(22)31/h17-18,29-32H,9-16,25H2,1-8H3. The fourth-order valence-electron chi connectivity index (χ4n) is 6.64. The second kappa shape index (κ2) is 7.85. The zero-order chi connectivity index (χ0) is 24.5. The van der Waals surface area contributed by atoms with Crippen LogP contribution >= 0.6 is 0 Å². The van der Waals surface area contributed by atoms with Gasteiger partial charge < -0.3 is 26.5 Å². The summed E-state index contributed by atoms with van der Waals surface area (Å²) in [5.74, 6) is 0. The van der Waals surface area contributed by atoms with Crippen LogP contribution in [0.2, 0.25) is 0 Å². The maximum Gasteiger partial charge on any atom is 0.0762 e. The second-order valence-corrected chi connectivity index (χ2v) is 13.3. The minimum atomic E-state index is -0.815. The van der Waals surface area contributed by atoms with Gasteiger partial charge in [0.05, 0.1) is 17.2 Å². The SMILES string of the molecule is CC1(C)CCC(C)(CCC2(C)CC(O)C(C)(CCC3(C)CC(N)C(C)(C)N3O)N2O)N1O. The van der Waals surface area contributed by atoms with Crippen molar-refractivity contribution in [2.45, 2.75) is 152 Å². The van der Waals surface area contributed by atoms with Crippen LogP contribution < -0.4 is 5.73 Å². The lowest BCUT2D eigenvalue weighted by Gasteiger charge is -2.44. The molecule has 0 aromatic rings. The molecule has 0 aliphatic carbocycles. The third kappa shape index (κ3) is 3.94. The van der Waals surface area contributed by atoms with E-state index in [2.05, 4.69) is 20.8 Å². The van der Waals surface area contributed by atoms with Gasteiger partial charge in [-0.15, -0.1) is 0 Å². The molecule has 0 radical (unpaired) electrons. The van der Waals surface area contributed by atoms with E-state index < -0.39 is 28.3 Å².